The molecule has 186 valence electrons. The third-order valence-electron chi connectivity index (χ3n) is 6.66. The van der Waals surface area contributed by atoms with Crippen molar-refractivity contribution in [1.29, 1.82) is 0 Å². The lowest BCUT2D eigenvalue weighted by Crippen LogP contribution is -2.43. The van der Waals surface area contributed by atoms with Gasteiger partial charge in [0.25, 0.3) is 0 Å². The summed E-state index contributed by atoms with van der Waals surface area (Å²) >= 11 is 0. The fourth-order valence-electron chi connectivity index (χ4n) is 4.64. The number of para-hydroxylation sites is 1. The molecule has 5 rings (SSSR count). The van der Waals surface area contributed by atoms with Crippen molar-refractivity contribution in [2.24, 2.45) is 5.92 Å². The van der Waals surface area contributed by atoms with E-state index >= 15 is 0 Å². The van der Waals surface area contributed by atoms with Gasteiger partial charge in [0.2, 0.25) is 0 Å². The Hall–Kier alpha value is -3.77. The molecule has 1 atom stereocenters. The Morgan fingerprint density at radius 2 is 1.64 bits per heavy atom. The van der Waals surface area contributed by atoms with Crippen LogP contribution in [0.5, 0.6) is 11.5 Å². The Morgan fingerprint density at radius 3 is 2.42 bits per heavy atom. The summed E-state index contributed by atoms with van der Waals surface area (Å²) in [6.07, 6.45) is 3.62. The van der Waals surface area contributed by atoms with Crippen LogP contribution in [-0.2, 0) is 4.74 Å². The summed E-state index contributed by atoms with van der Waals surface area (Å²) < 4.78 is 18.1. The number of nitrogens with zero attached hydrogens (tertiary/aromatic N) is 1. The molecule has 0 saturated carbocycles. The average Bonchev–Trinajstić information content (AvgIpc) is 3.42. The van der Waals surface area contributed by atoms with Gasteiger partial charge in [-0.05, 0) is 74.3 Å². The van der Waals surface area contributed by atoms with Crippen LogP contribution in [0.2, 0.25) is 0 Å². The van der Waals surface area contributed by atoms with Crippen LogP contribution >= 0.6 is 0 Å². The van der Waals surface area contributed by atoms with Crippen LogP contribution in [-0.4, -0.2) is 54.8 Å². The summed E-state index contributed by atoms with van der Waals surface area (Å²) in [6.45, 7) is 3.53. The maximum Gasteiger partial charge on any atom is 0.338 e. The van der Waals surface area contributed by atoms with Gasteiger partial charge >= 0.3 is 5.97 Å². The molecule has 1 aliphatic rings. The molecule has 1 N–H and O–H groups in total. The highest BCUT2D eigenvalue weighted by Crippen LogP contribution is 2.25. The summed E-state index contributed by atoms with van der Waals surface area (Å²) in [4.78, 5) is 18.4. The Bertz CT molecular complexity index is 1230. The molecule has 6 heteroatoms. The van der Waals surface area contributed by atoms with Crippen LogP contribution in [0.3, 0.4) is 0 Å². The van der Waals surface area contributed by atoms with E-state index in [1.807, 2.05) is 79.0 Å². The zero-order valence-corrected chi connectivity index (χ0v) is 20.3. The molecule has 0 spiro atoms. The molecule has 3 aromatic carbocycles. The monoisotopic (exact) mass is 484 g/mol. The van der Waals surface area contributed by atoms with Crippen molar-refractivity contribution in [3.8, 4) is 11.5 Å². The number of aromatic amines is 1. The van der Waals surface area contributed by atoms with Gasteiger partial charge in [0.15, 0.2) is 0 Å². The first-order valence-electron chi connectivity index (χ1n) is 12.6. The van der Waals surface area contributed by atoms with Crippen molar-refractivity contribution < 1.29 is 19.0 Å². The maximum atomic E-state index is 12.8. The number of carbonyl (C=O) groups excluding carboxylic acids is 1. The van der Waals surface area contributed by atoms with Gasteiger partial charge in [-0.15, -0.1) is 0 Å². The van der Waals surface area contributed by atoms with Crippen molar-refractivity contribution in [2.75, 3.05) is 32.8 Å². The van der Waals surface area contributed by atoms with E-state index in [0.717, 1.165) is 54.9 Å². The van der Waals surface area contributed by atoms with Gasteiger partial charge < -0.3 is 19.2 Å². The van der Waals surface area contributed by atoms with Gasteiger partial charge in [0, 0.05) is 23.6 Å². The third kappa shape index (κ3) is 6.26. The standard InChI is InChI=1S/C30H32N2O4/c33-30(24-8-3-1-4-9-24)36-26(22-35-29-13-7-12-28-27(29)14-17-31-28)20-32-18-15-23(16-19-32)21-34-25-10-5-2-6-11-25/h1-14,17,23,26,31H,15-16,18-22H2. The Morgan fingerprint density at radius 1 is 0.889 bits per heavy atom. The molecule has 1 fully saturated rings. The minimum atomic E-state index is -0.385. The molecule has 2 heterocycles. The summed E-state index contributed by atoms with van der Waals surface area (Å²) in [5, 5.41) is 1.02. The van der Waals surface area contributed by atoms with Crippen LogP contribution in [0.1, 0.15) is 23.2 Å². The van der Waals surface area contributed by atoms with Crippen molar-refractivity contribution in [2.45, 2.75) is 18.9 Å². The second-order valence-electron chi connectivity index (χ2n) is 9.27. The lowest BCUT2D eigenvalue weighted by Gasteiger charge is -2.34. The second kappa shape index (κ2) is 11.8. The summed E-state index contributed by atoms with van der Waals surface area (Å²) in [5.41, 5.74) is 1.57. The van der Waals surface area contributed by atoms with E-state index < -0.39 is 0 Å². The van der Waals surface area contributed by atoms with E-state index in [-0.39, 0.29) is 12.1 Å². The van der Waals surface area contributed by atoms with Gasteiger partial charge in [-0.2, -0.15) is 0 Å². The third-order valence-corrected chi connectivity index (χ3v) is 6.66. The molecule has 1 aliphatic heterocycles. The van der Waals surface area contributed by atoms with Crippen molar-refractivity contribution in [3.05, 3.63) is 96.7 Å². The van der Waals surface area contributed by atoms with Gasteiger partial charge in [-0.3, -0.25) is 4.90 Å². The number of aromatic nitrogens is 1. The highest BCUT2D eigenvalue weighted by molar-refractivity contribution is 5.89. The normalized spacial score (nSPS) is 15.4. The molecular formula is C30H32N2O4. The Balaban J connectivity index is 1.18. The number of esters is 1. The molecule has 0 aliphatic carbocycles. The lowest BCUT2D eigenvalue weighted by molar-refractivity contribution is 0.00130. The number of nitrogens with one attached hydrogen (secondary N) is 1. The number of carbonyl (C=O) groups is 1. The lowest BCUT2D eigenvalue weighted by atomic mass is 9.97. The predicted octanol–water partition coefficient (Wildman–Crippen LogP) is 5.56. The number of piperidine rings is 1. The van der Waals surface area contributed by atoms with Crippen LogP contribution in [0.15, 0.2) is 91.1 Å². The molecule has 0 bridgehead atoms. The average molecular weight is 485 g/mol. The largest absolute Gasteiger partial charge is 0.493 e. The zero-order valence-electron chi connectivity index (χ0n) is 20.3. The van der Waals surface area contributed by atoms with Crippen LogP contribution < -0.4 is 9.47 Å². The van der Waals surface area contributed by atoms with E-state index in [9.17, 15) is 4.79 Å². The number of hydrogen-bond acceptors (Lipinski definition) is 5. The van der Waals surface area contributed by atoms with Gasteiger partial charge in [-0.1, -0.05) is 42.5 Å². The first-order valence-corrected chi connectivity index (χ1v) is 12.6. The maximum absolute atomic E-state index is 12.8. The molecule has 0 amide bonds. The topological polar surface area (TPSA) is 63.8 Å². The van der Waals surface area contributed by atoms with E-state index in [2.05, 4.69) is 9.88 Å². The van der Waals surface area contributed by atoms with Gasteiger partial charge in [0.05, 0.1) is 12.2 Å². The highest BCUT2D eigenvalue weighted by Gasteiger charge is 2.25. The zero-order chi connectivity index (χ0) is 24.6. The number of hydrogen-bond donors (Lipinski definition) is 1. The summed E-state index contributed by atoms with van der Waals surface area (Å²) in [6, 6.07) is 27.0. The highest BCUT2D eigenvalue weighted by atomic mass is 16.6. The molecule has 1 saturated heterocycles. The number of benzene rings is 3. The first kappa shape index (κ1) is 23.9. The number of fused-ring (bicyclic) bond motifs is 1. The minimum absolute atomic E-state index is 0.292. The fourth-order valence-corrected chi connectivity index (χ4v) is 4.64. The van der Waals surface area contributed by atoms with Crippen LogP contribution in [0, 0.1) is 5.92 Å². The number of ether oxygens (including phenoxy) is 3. The first-order chi connectivity index (χ1) is 17.7. The van der Waals surface area contributed by atoms with Gasteiger partial charge in [0.1, 0.15) is 24.2 Å². The van der Waals surface area contributed by atoms with Crippen molar-refractivity contribution >= 4 is 16.9 Å². The molecule has 0 radical (unpaired) electrons. The molecule has 1 aromatic heterocycles. The van der Waals surface area contributed by atoms with Crippen LogP contribution in [0.4, 0.5) is 0 Å². The smallest absolute Gasteiger partial charge is 0.338 e. The molecule has 36 heavy (non-hydrogen) atoms. The number of H-pyrrole nitrogens is 1. The minimum Gasteiger partial charge on any atom is -0.493 e. The van der Waals surface area contributed by atoms with E-state index in [0.29, 0.717) is 24.6 Å². The molecule has 1 unspecified atom stereocenters. The number of likely N-dealkylation sites (tertiary alicyclic amines) is 1. The molecular weight excluding hydrogens is 452 g/mol. The van der Waals surface area contributed by atoms with E-state index in [1.54, 1.807) is 12.1 Å². The van der Waals surface area contributed by atoms with Crippen molar-refractivity contribution in [3.63, 3.8) is 0 Å². The summed E-state index contributed by atoms with van der Waals surface area (Å²) in [7, 11) is 0. The summed E-state index contributed by atoms with van der Waals surface area (Å²) in [5.74, 6) is 1.90. The van der Waals surface area contributed by atoms with E-state index in [1.165, 1.54) is 0 Å². The Kier molecular flexibility index (Phi) is 7.83. The SMILES string of the molecule is O=C(OC(COc1cccc2[nH]ccc12)CN1CCC(COc2ccccc2)CC1)c1ccccc1. The molecule has 4 aromatic rings. The Labute approximate surface area is 211 Å². The number of rotatable bonds is 10. The second-order valence-corrected chi connectivity index (χ2v) is 9.27. The quantitative estimate of drug-likeness (QED) is 0.299. The predicted molar refractivity (Wildman–Crippen MR) is 141 cm³/mol. The van der Waals surface area contributed by atoms with Crippen molar-refractivity contribution in [1.82, 2.24) is 9.88 Å². The molecule has 6 nitrogen and oxygen atoms in total. The van der Waals surface area contributed by atoms with Gasteiger partial charge in [-0.25, -0.2) is 4.79 Å². The fraction of sp³-hybridized carbons (Fsp3) is 0.300. The van der Waals surface area contributed by atoms with Crippen LogP contribution in [0.25, 0.3) is 10.9 Å². The van der Waals surface area contributed by atoms with E-state index in [4.69, 9.17) is 14.2 Å².